The third-order valence-corrected chi connectivity index (χ3v) is 2.60. The lowest BCUT2D eigenvalue weighted by atomic mass is 10.0. The molecule has 15 heavy (non-hydrogen) atoms. The maximum Gasteiger partial charge on any atom is 0.145 e. The molecule has 0 atom stereocenters. The number of anilines is 1. The maximum atomic E-state index is 8.80. The quantitative estimate of drug-likeness (QED) is 0.797. The summed E-state index contributed by atoms with van der Waals surface area (Å²) in [5.74, 6) is 0.876. The molecule has 0 heterocycles. The Morgan fingerprint density at radius 2 is 1.93 bits per heavy atom. The van der Waals surface area contributed by atoms with E-state index in [-0.39, 0.29) is 6.61 Å². The third kappa shape index (κ3) is 2.42. The second-order valence-electron chi connectivity index (χ2n) is 3.69. The molecule has 1 aromatic rings. The number of aliphatic hydroxyl groups excluding tert-OH is 1. The number of hydrogen-bond donors (Lipinski definition) is 2. The molecule has 3 heteroatoms. The number of hydrogen-bond acceptors (Lipinski definition) is 3. The van der Waals surface area contributed by atoms with Gasteiger partial charge < -0.3 is 15.2 Å². The third-order valence-electron chi connectivity index (χ3n) is 2.60. The van der Waals surface area contributed by atoms with Gasteiger partial charge in [0, 0.05) is 6.54 Å². The Morgan fingerprint density at radius 1 is 1.27 bits per heavy atom. The van der Waals surface area contributed by atoms with Crippen molar-refractivity contribution in [2.75, 3.05) is 25.6 Å². The van der Waals surface area contributed by atoms with Gasteiger partial charge in [0.05, 0.1) is 19.4 Å². The topological polar surface area (TPSA) is 41.5 Å². The van der Waals surface area contributed by atoms with Gasteiger partial charge in [0.2, 0.25) is 0 Å². The van der Waals surface area contributed by atoms with Crippen molar-refractivity contribution in [3.8, 4) is 5.75 Å². The fourth-order valence-corrected chi connectivity index (χ4v) is 1.71. The Hall–Kier alpha value is -1.22. The van der Waals surface area contributed by atoms with Crippen molar-refractivity contribution in [2.45, 2.75) is 20.8 Å². The van der Waals surface area contributed by atoms with Crippen molar-refractivity contribution in [1.82, 2.24) is 0 Å². The summed E-state index contributed by atoms with van der Waals surface area (Å²) in [7, 11) is 1.67. The van der Waals surface area contributed by atoms with Crippen LogP contribution in [0, 0.1) is 20.8 Å². The molecule has 84 valence electrons. The molecular formula is C12H19NO2. The van der Waals surface area contributed by atoms with Gasteiger partial charge in [0.25, 0.3) is 0 Å². The minimum Gasteiger partial charge on any atom is -0.494 e. The molecule has 1 rings (SSSR count). The van der Waals surface area contributed by atoms with Crippen molar-refractivity contribution in [1.29, 1.82) is 0 Å². The van der Waals surface area contributed by atoms with Crippen molar-refractivity contribution in [3.63, 3.8) is 0 Å². The molecule has 0 aliphatic heterocycles. The van der Waals surface area contributed by atoms with Gasteiger partial charge in [-0.05, 0) is 37.5 Å². The number of aliphatic hydroxyl groups is 1. The average Bonchev–Trinajstić information content (AvgIpc) is 2.21. The van der Waals surface area contributed by atoms with Gasteiger partial charge in [-0.2, -0.15) is 0 Å². The average molecular weight is 209 g/mol. The first-order chi connectivity index (χ1) is 7.11. The lowest BCUT2D eigenvalue weighted by Gasteiger charge is -2.17. The van der Waals surface area contributed by atoms with Crippen LogP contribution in [0.1, 0.15) is 16.7 Å². The Labute approximate surface area is 91.1 Å². The standard InChI is InChI=1S/C12H19NO2/c1-8-7-9(2)11(13-5-6-14)12(15-4)10(8)3/h7,13-14H,5-6H2,1-4H3. The molecule has 0 aromatic heterocycles. The van der Waals surface area contributed by atoms with Crippen LogP contribution in [-0.2, 0) is 0 Å². The summed E-state index contributed by atoms with van der Waals surface area (Å²) in [5, 5.41) is 12.0. The van der Waals surface area contributed by atoms with Crippen molar-refractivity contribution >= 4 is 5.69 Å². The van der Waals surface area contributed by atoms with Crippen LogP contribution in [0.15, 0.2) is 6.07 Å². The molecule has 0 aliphatic rings. The molecule has 0 unspecified atom stereocenters. The number of methoxy groups -OCH3 is 1. The van der Waals surface area contributed by atoms with Crippen molar-refractivity contribution in [3.05, 3.63) is 22.8 Å². The Bertz CT molecular complexity index is 348. The molecule has 0 aliphatic carbocycles. The largest absolute Gasteiger partial charge is 0.494 e. The van der Waals surface area contributed by atoms with Crippen LogP contribution in [0.4, 0.5) is 5.69 Å². The first-order valence-electron chi connectivity index (χ1n) is 5.11. The summed E-state index contributed by atoms with van der Waals surface area (Å²) < 4.78 is 5.39. The zero-order valence-corrected chi connectivity index (χ0v) is 9.85. The lowest BCUT2D eigenvalue weighted by molar-refractivity contribution is 0.310. The smallest absolute Gasteiger partial charge is 0.145 e. The number of rotatable bonds is 4. The van der Waals surface area contributed by atoms with Crippen LogP contribution in [0.25, 0.3) is 0 Å². The fourth-order valence-electron chi connectivity index (χ4n) is 1.71. The Morgan fingerprint density at radius 3 is 2.47 bits per heavy atom. The molecule has 0 radical (unpaired) electrons. The van der Waals surface area contributed by atoms with E-state index in [0.717, 1.165) is 22.6 Å². The highest BCUT2D eigenvalue weighted by Gasteiger charge is 2.11. The predicted octanol–water partition coefficient (Wildman–Crippen LogP) is 2.02. The van der Waals surface area contributed by atoms with Gasteiger partial charge in [-0.3, -0.25) is 0 Å². The van der Waals surface area contributed by atoms with Crippen LogP contribution in [0.5, 0.6) is 5.75 Å². The van der Waals surface area contributed by atoms with Gasteiger partial charge in [0.1, 0.15) is 5.75 Å². The lowest BCUT2D eigenvalue weighted by Crippen LogP contribution is -2.09. The second-order valence-corrected chi connectivity index (χ2v) is 3.69. The highest BCUT2D eigenvalue weighted by atomic mass is 16.5. The zero-order chi connectivity index (χ0) is 11.4. The Kier molecular flexibility index (Phi) is 3.97. The van der Waals surface area contributed by atoms with Crippen LogP contribution >= 0.6 is 0 Å². The molecule has 0 spiro atoms. The van der Waals surface area contributed by atoms with E-state index in [1.807, 2.05) is 13.8 Å². The molecule has 3 nitrogen and oxygen atoms in total. The van der Waals surface area contributed by atoms with E-state index in [9.17, 15) is 0 Å². The summed E-state index contributed by atoms with van der Waals surface area (Å²) in [6.07, 6.45) is 0. The van der Waals surface area contributed by atoms with Crippen LogP contribution in [0.2, 0.25) is 0 Å². The first kappa shape index (κ1) is 11.9. The first-order valence-corrected chi connectivity index (χ1v) is 5.11. The number of benzene rings is 1. The van der Waals surface area contributed by atoms with Gasteiger partial charge in [-0.1, -0.05) is 6.07 Å². The van der Waals surface area contributed by atoms with Crippen LogP contribution in [-0.4, -0.2) is 25.4 Å². The highest BCUT2D eigenvalue weighted by Crippen LogP contribution is 2.33. The molecule has 1 aromatic carbocycles. The van der Waals surface area contributed by atoms with E-state index in [1.165, 1.54) is 5.56 Å². The molecule has 0 fully saturated rings. The van der Waals surface area contributed by atoms with Gasteiger partial charge >= 0.3 is 0 Å². The summed E-state index contributed by atoms with van der Waals surface area (Å²) in [5.41, 5.74) is 4.49. The van der Waals surface area contributed by atoms with Gasteiger partial charge in [-0.25, -0.2) is 0 Å². The fraction of sp³-hybridized carbons (Fsp3) is 0.500. The highest BCUT2D eigenvalue weighted by molar-refractivity contribution is 5.66. The summed E-state index contributed by atoms with van der Waals surface area (Å²) in [4.78, 5) is 0. The molecule has 0 saturated carbocycles. The van der Waals surface area contributed by atoms with E-state index < -0.39 is 0 Å². The minimum atomic E-state index is 0.121. The van der Waals surface area contributed by atoms with Crippen molar-refractivity contribution in [2.24, 2.45) is 0 Å². The number of aryl methyl sites for hydroxylation is 2. The van der Waals surface area contributed by atoms with E-state index in [4.69, 9.17) is 9.84 Å². The van der Waals surface area contributed by atoms with Gasteiger partial charge in [-0.15, -0.1) is 0 Å². The Balaban J connectivity index is 3.16. The van der Waals surface area contributed by atoms with Gasteiger partial charge in [0.15, 0.2) is 0 Å². The molecule has 2 N–H and O–H groups in total. The summed E-state index contributed by atoms with van der Waals surface area (Å²) in [6.45, 7) is 6.81. The normalized spacial score (nSPS) is 10.2. The second kappa shape index (κ2) is 5.03. The molecular weight excluding hydrogens is 190 g/mol. The summed E-state index contributed by atoms with van der Waals surface area (Å²) in [6, 6.07) is 2.12. The van der Waals surface area contributed by atoms with Crippen LogP contribution < -0.4 is 10.1 Å². The van der Waals surface area contributed by atoms with E-state index in [1.54, 1.807) is 7.11 Å². The SMILES string of the molecule is COc1c(C)c(C)cc(C)c1NCCO. The monoisotopic (exact) mass is 209 g/mol. The zero-order valence-electron chi connectivity index (χ0n) is 9.85. The van der Waals surface area contributed by atoms with E-state index in [0.29, 0.717) is 6.54 Å². The maximum absolute atomic E-state index is 8.80. The number of nitrogens with one attached hydrogen (secondary N) is 1. The number of ether oxygens (including phenoxy) is 1. The molecule has 0 bridgehead atoms. The van der Waals surface area contributed by atoms with E-state index in [2.05, 4.69) is 18.3 Å². The molecule has 0 saturated heterocycles. The molecule has 0 amide bonds. The predicted molar refractivity (Wildman–Crippen MR) is 62.8 cm³/mol. The van der Waals surface area contributed by atoms with Crippen molar-refractivity contribution < 1.29 is 9.84 Å². The summed E-state index contributed by atoms with van der Waals surface area (Å²) >= 11 is 0. The van der Waals surface area contributed by atoms with E-state index >= 15 is 0 Å². The van der Waals surface area contributed by atoms with Crippen LogP contribution in [0.3, 0.4) is 0 Å². The minimum absolute atomic E-state index is 0.121.